The minimum atomic E-state index is -0.396. The predicted octanol–water partition coefficient (Wildman–Crippen LogP) is 1.66. The fourth-order valence-electron chi connectivity index (χ4n) is 1.77. The Kier molecular flexibility index (Phi) is 4.11. The minimum Gasteiger partial charge on any atom is -0.347 e. The second-order valence-electron chi connectivity index (χ2n) is 4.33. The van der Waals surface area contributed by atoms with E-state index >= 15 is 0 Å². The Balaban J connectivity index is 2.35. The van der Waals surface area contributed by atoms with E-state index in [1.54, 1.807) is 13.8 Å². The number of amides is 1. The highest BCUT2D eigenvalue weighted by molar-refractivity contribution is 6.36. The molecule has 14 heavy (non-hydrogen) atoms. The third kappa shape index (κ3) is 3.13. The largest absolute Gasteiger partial charge is 0.347 e. The summed E-state index contributed by atoms with van der Waals surface area (Å²) in [4.78, 5) is 22.7. The monoisotopic (exact) mass is 197 g/mol. The van der Waals surface area contributed by atoms with Crippen LogP contribution in [0.25, 0.3) is 0 Å². The van der Waals surface area contributed by atoms with Crippen molar-refractivity contribution in [2.75, 3.05) is 0 Å². The summed E-state index contributed by atoms with van der Waals surface area (Å²) in [5.41, 5.74) is 0. The normalized spacial score (nSPS) is 18.2. The first-order valence-corrected chi connectivity index (χ1v) is 5.46. The molecule has 0 radical (unpaired) electrons. The zero-order chi connectivity index (χ0) is 10.6. The topological polar surface area (TPSA) is 46.2 Å². The van der Waals surface area contributed by atoms with E-state index in [1.165, 1.54) is 19.3 Å². The molecule has 3 heteroatoms. The molecule has 1 fully saturated rings. The lowest BCUT2D eigenvalue weighted by atomic mass is 9.95. The lowest BCUT2D eigenvalue weighted by Gasteiger charge is -2.22. The molecular formula is C11H19NO2. The van der Waals surface area contributed by atoms with Crippen LogP contribution in [0.3, 0.4) is 0 Å². The van der Waals surface area contributed by atoms with Crippen LogP contribution in [0, 0.1) is 5.92 Å². The molecule has 0 saturated heterocycles. The van der Waals surface area contributed by atoms with Gasteiger partial charge in [-0.25, -0.2) is 0 Å². The van der Waals surface area contributed by atoms with Gasteiger partial charge in [0.25, 0.3) is 5.91 Å². The van der Waals surface area contributed by atoms with E-state index < -0.39 is 5.91 Å². The Morgan fingerprint density at radius 2 is 1.71 bits per heavy atom. The maximum Gasteiger partial charge on any atom is 0.287 e. The van der Waals surface area contributed by atoms with Crippen LogP contribution < -0.4 is 5.32 Å². The highest BCUT2D eigenvalue weighted by atomic mass is 16.2. The van der Waals surface area contributed by atoms with E-state index in [-0.39, 0.29) is 17.7 Å². The standard InChI is InChI=1S/C11H19NO2/c1-8(2)10(13)11(14)12-9-6-4-3-5-7-9/h8-9H,3-7H2,1-2H3,(H,12,14). The van der Waals surface area contributed by atoms with E-state index in [4.69, 9.17) is 0 Å². The van der Waals surface area contributed by atoms with Gasteiger partial charge in [0.15, 0.2) is 0 Å². The van der Waals surface area contributed by atoms with Gasteiger partial charge < -0.3 is 5.32 Å². The fourth-order valence-corrected chi connectivity index (χ4v) is 1.77. The van der Waals surface area contributed by atoms with E-state index in [0.29, 0.717) is 0 Å². The minimum absolute atomic E-state index is 0.196. The molecule has 0 aromatic heterocycles. The summed E-state index contributed by atoms with van der Waals surface area (Å²) in [6.45, 7) is 3.51. The molecule has 1 aliphatic rings. The van der Waals surface area contributed by atoms with Crippen LogP contribution in [0.4, 0.5) is 0 Å². The number of rotatable bonds is 3. The molecule has 80 valence electrons. The van der Waals surface area contributed by atoms with Crippen molar-refractivity contribution in [3.8, 4) is 0 Å². The van der Waals surface area contributed by atoms with Crippen molar-refractivity contribution in [3.63, 3.8) is 0 Å². The molecule has 0 aliphatic heterocycles. The Morgan fingerprint density at radius 3 is 2.21 bits per heavy atom. The van der Waals surface area contributed by atoms with E-state index in [1.807, 2.05) is 0 Å². The van der Waals surface area contributed by atoms with Gasteiger partial charge in [0.1, 0.15) is 0 Å². The maximum atomic E-state index is 11.4. The molecule has 0 spiro atoms. The molecule has 1 aliphatic carbocycles. The van der Waals surface area contributed by atoms with Gasteiger partial charge in [-0.1, -0.05) is 33.1 Å². The fraction of sp³-hybridized carbons (Fsp3) is 0.818. The van der Waals surface area contributed by atoms with Gasteiger partial charge in [0, 0.05) is 12.0 Å². The van der Waals surface area contributed by atoms with Crippen LogP contribution >= 0.6 is 0 Å². The average Bonchev–Trinajstić information content (AvgIpc) is 2.18. The molecule has 0 atom stereocenters. The summed E-state index contributed by atoms with van der Waals surface area (Å²) in [6, 6.07) is 0.235. The maximum absolute atomic E-state index is 11.4. The second-order valence-corrected chi connectivity index (χ2v) is 4.33. The third-order valence-corrected chi connectivity index (χ3v) is 2.69. The molecule has 1 amide bonds. The SMILES string of the molecule is CC(C)C(=O)C(=O)NC1CCCCC1. The lowest BCUT2D eigenvalue weighted by molar-refractivity contribution is -0.140. The number of carbonyl (C=O) groups excluding carboxylic acids is 2. The van der Waals surface area contributed by atoms with Crippen molar-refractivity contribution in [1.29, 1.82) is 0 Å². The highest BCUT2D eigenvalue weighted by Gasteiger charge is 2.21. The van der Waals surface area contributed by atoms with Gasteiger partial charge in [-0.05, 0) is 12.8 Å². The van der Waals surface area contributed by atoms with Gasteiger partial charge in [-0.15, -0.1) is 0 Å². The van der Waals surface area contributed by atoms with E-state index in [0.717, 1.165) is 12.8 Å². The molecule has 0 unspecified atom stereocenters. The first-order chi connectivity index (χ1) is 6.61. The van der Waals surface area contributed by atoms with Crippen LogP contribution in [0.1, 0.15) is 46.0 Å². The van der Waals surface area contributed by atoms with Crippen LogP contribution in [0.2, 0.25) is 0 Å². The molecule has 0 bridgehead atoms. The summed E-state index contributed by atoms with van der Waals surface area (Å²) in [7, 11) is 0. The van der Waals surface area contributed by atoms with E-state index in [2.05, 4.69) is 5.32 Å². The van der Waals surface area contributed by atoms with Crippen molar-refractivity contribution in [3.05, 3.63) is 0 Å². The van der Waals surface area contributed by atoms with Gasteiger partial charge in [0.05, 0.1) is 0 Å². The number of carbonyl (C=O) groups is 2. The summed E-state index contributed by atoms with van der Waals surface area (Å²) in [6.07, 6.45) is 5.64. The zero-order valence-corrected chi connectivity index (χ0v) is 9.01. The van der Waals surface area contributed by atoms with Gasteiger partial charge >= 0.3 is 0 Å². The average molecular weight is 197 g/mol. The Morgan fingerprint density at radius 1 is 1.14 bits per heavy atom. The van der Waals surface area contributed by atoms with Crippen molar-refractivity contribution in [2.45, 2.75) is 52.0 Å². The Hall–Kier alpha value is -0.860. The molecular weight excluding hydrogens is 178 g/mol. The summed E-state index contributed by atoms with van der Waals surface area (Å²) in [5, 5.41) is 2.81. The van der Waals surface area contributed by atoms with Crippen molar-refractivity contribution in [2.24, 2.45) is 5.92 Å². The quantitative estimate of drug-likeness (QED) is 0.699. The first-order valence-electron chi connectivity index (χ1n) is 5.46. The van der Waals surface area contributed by atoms with Crippen LogP contribution in [0.5, 0.6) is 0 Å². The highest BCUT2D eigenvalue weighted by Crippen LogP contribution is 2.17. The number of hydrogen-bond acceptors (Lipinski definition) is 2. The Labute approximate surface area is 85.3 Å². The van der Waals surface area contributed by atoms with Crippen LogP contribution in [-0.2, 0) is 9.59 Å². The summed E-state index contributed by atoms with van der Waals surface area (Å²) in [5.74, 6) is -0.888. The molecule has 1 saturated carbocycles. The first kappa shape index (κ1) is 11.2. The van der Waals surface area contributed by atoms with Crippen molar-refractivity contribution in [1.82, 2.24) is 5.32 Å². The molecule has 3 nitrogen and oxygen atoms in total. The summed E-state index contributed by atoms with van der Waals surface area (Å²) >= 11 is 0. The molecule has 0 heterocycles. The van der Waals surface area contributed by atoms with Gasteiger partial charge in [-0.3, -0.25) is 9.59 Å². The summed E-state index contributed by atoms with van der Waals surface area (Å²) < 4.78 is 0. The molecule has 0 aromatic carbocycles. The van der Waals surface area contributed by atoms with Crippen LogP contribution in [0.15, 0.2) is 0 Å². The molecule has 1 N–H and O–H groups in total. The van der Waals surface area contributed by atoms with Crippen molar-refractivity contribution >= 4 is 11.7 Å². The van der Waals surface area contributed by atoms with Gasteiger partial charge in [0.2, 0.25) is 5.78 Å². The molecule has 0 aromatic rings. The smallest absolute Gasteiger partial charge is 0.287 e. The van der Waals surface area contributed by atoms with Crippen LogP contribution in [-0.4, -0.2) is 17.7 Å². The third-order valence-electron chi connectivity index (χ3n) is 2.69. The van der Waals surface area contributed by atoms with Gasteiger partial charge in [-0.2, -0.15) is 0 Å². The number of nitrogens with one attached hydrogen (secondary N) is 1. The lowest BCUT2D eigenvalue weighted by Crippen LogP contribution is -2.41. The van der Waals surface area contributed by atoms with Crippen molar-refractivity contribution < 1.29 is 9.59 Å². The zero-order valence-electron chi connectivity index (χ0n) is 9.01. The predicted molar refractivity (Wildman–Crippen MR) is 54.9 cm³/mol. The number of hydrogen-bond donors (Lipinski definition) is 1. The number of ketones is 1. The number of Topliss-reactive ketones (excluding diaryl/α,β-unsaturated/α-hetero) is 1. The van der Waals surface area contributed by atoms with E-state index in [9.17, 15) is 9.59 Å². The Bertz CT molecular complexity index is 217. The molecule has 1 rings (SSSR count). The second kappa shape index (κ2) is 5.13.